The molecule has 0 radical (unpaired) electrons. The van der Waals surface area contributed by atoms with Crippen LogP contribution in [0.25, 0.3) is 0 Å². The largest absolute Gasteiger partial charge is 0.504 e. The highest BCUT2D eigenvalue weighted by Gasteiger charge is 2.74. The van der Waals surface area contributed by atoms with Crippen LogP contribution in [0.15, 0.2) is 12.1 Å². The first-order valence-electron chi connectivity index (χ1n) is 7.93. The first kappa shape index (κ1) is 12.9. The zero-order chi connectivity index (χ0) is 15.3. The zero-order valence-corrected chi connectivity index (χ0v) is 12.4. The number of carbonyl (C=O) groups excluding carboxylic acids is 1. The lowest BCUT2D eigenvalue weighted by atomic mass is 9.50. The number of hydrogen-bond acceptors (Lipinski definition) is 4. The van der Waals surface area contributed by atoms with Gasteiger partial charge in [-0.15, -0.1) is 0 Å². The predicted octanol–water partition coefficient (Wildman–Crippen LogP) is 1.72. The number of benzene rings is 1. The summed E-state index contributed by atoms with van der Waals surface area (Å²) in [5, 5.41) is 10.2. The molecule has 4 nitrogen and oxygen atoms in total. The number of alkyl halides is 1. The average Bonchev–Trinajstić information content (AvgIpc) is 2.85. The van der Waals surface area contributed by atoms with Crippen molar-refractivity contribution < 1.29 is 19.0 Å². The molecule has 4 aliphatic rings. The summed E-state index contributed by atoms with van der Waals surface area (Å²) < 4.78 is 22.1. The maximum absolute atomic E-state index is 16.3. The number of ketones is 1. The fourth-order valence-electron chi connectivity index (χ4n) is 5.48. The number of likely N-dealkylation sites (tertiary alicyclic amines) is 1. The molecule has 4 atom stereocenters. The molecule has 1 aromatic carbocycles. The fourth-order valence-corrected chi connectivity index (χ4v) is 5.48. The maximum Gasteiger partial charge on any atom is 0.174 e. The lowest BCUT2D eigenvalue weighted by molar-refractivity contribution is -0.158. The Morgan fingerprint density at radius 2 is 2.23 bits per heavy atom. The summed E-state index contributed by atoms with van der Waals surface area (Å²) in [4.78, 5) is 14.6. The molecular weight excluding hydrogens is 285 g/mol. The highest BCUT2D eigenvalue weighted by molar-refractivity contribution is 5.90. The van der Waals surface area contributed by atoms with Gasteiger partial charge < -0.3 is 9.84 Å². The van der Waals surface area contributed by atoms with Crippen LogP contribution >= 0.6 is 0 Å². The number of Topliss-reactive ketones (excluding diaryl/α,β-unsaturated/α-hetero) is 1. The van der Waals surface area contributed by atoms with Crippen molar-refractivity contribution in [2.45, 2.75) is 48.9 Å². The second-order valence-corrected chi connectivity index (χ2v) is 7.20. The van der Waals surface area contributed by atoms with Crippen molar-refractivity contribution in [3.63, 3.8) is 0 Å². The van der Waals surface area contributed by atoms with Crippen molar-refractivity contribution in [3.05, 3.63) is 23.3 Å². The standard InChI is InChI=1S/C17H18FNO3/c1-19-7-6-16-13-9-2-3-10(20)14(13)22-15(16)11(21)4-5-17(16,18)12(19)8-9/h2-3,12,15,20H,4-8H2,1H3/t12-,15?,16+,17-/m1/s1. The highest BCUT2D eigenvalue weighted by Crippen LogP contribution is 2.65. The number of piperidine rings is 1. The van der Waals surface area contributed by atoms with Gasteiger partial charge in [0.15, 0.2) is 23.4 Å². The van der Waals surface area contributed by atoms with Crippen LogP contribution in [0.3, 0.4) is 0 Å². The van der Waals surface area contributed by atoms with Crippen LogP contribution in [-0.4, -0.2) is 47.2 Å². The molecule has 22 heavy (non-hydrogen) atoms. The van der Waals surface area contributed by atoms with E-state index in [0.29, 0.717) is 18.6 Å². The first-order chi connectivity index (χ1) is 10.5. The summed E-state index contributed by atoms with van der Waals surface area (Å²) in [6.07, 6.45) is 0.884. The highest BCUT2D eigenvalue weighted by atomic mass is 19.1. The minimum atomic E-state index is -1.45. The van der Waals surface area contributed by atoms with Gasteiger partial charge in [0, 0.05) is 18.0 Å². The Morgan fingerprint density at radius 3 is 3.05 bits per heavy atom. The van der Waals surface area contributed by atoms with E-state index in [-0.39, 0.29) is 30.4 Å². The van der Waals surface area contributed by atoms with Gasteiger partial charge in [0.2, 0.25) is 0 Å². The van der Waals surface area contributed by atoms with Gasteiger partial charge in [0.05, 0.1) is 5.41 Å². The second kappa shape index (κ2) is 3.65. The molecule has 5 heteroatoms. The number of hydrogen-bond donors (Lipinski definition) is 1. The number of phenols is 1. The van der Waals surface area contributed by atoms with E-state index in [2.05, 4.69) is 4.90 Å². The fraction of sp³-hybridized carbons (Fsp3) is 0.588. The van der Waals surface area contributed by atoms with Crippen molar-refractivity contribution in [1.29, 1.82) is 0 Å². The van der Waals surface area contributed by atoms with Crippen LogP contribution in [0.5, 0.6) is 11.5 Å². The van der Waals surface area contributed by atoms with Gasteiger partial charge in [-0.1, -0.05) is 6.07 Å². The van der Waals surface area contributed by atoms with E-state index in [4.69, 9.17) is 4.74 Å². The third-order valence-corrected chi connectivity index (χ3v) is 6.45. The second-order valence-electron chi connectivity index (χ2n) is 7.20. The minimum Gasteiger partial charge on any atom is -0.504 e. The van der Waals surface area contributed by atoms with E-state index in [1.807, 2.05) is 13.1 Å². The summed E-state index contributed by atoms with van der Waals surface area (Å²) >= 11 is 0. The predicted molar refractivity (Wildman–Crippen MR) is 77.0 cm³/mol. The van der Waals surface area contributed by atoms with E-state index in [1.165, 1.54) is 0 Å². The Bertz CT molecular complexity index is 720. The summed E-state index contributed by atoms with van der Waals surface area (Å²) in [5.41, 5.74) is -0.557. The van der Waals surface area contributed by atoms with E-state index < -0.39 is 17.2 Å². The van der Waals surface area contributed by atoms with Crippen LogP contribution in [0.2, 0.25) is 0 Å². The van der Waals surface area contributed by atoms with Gasteiger partial charge in [0.1, 0.15) is 5.67 Å². The van der Waals surface area contributed by atoms with Gasteiger partial charge >= 0.3 is 0 Å². The Kier molecular flexibility index (Phi) is 2.13. The topological polar surface area (TPSA) is 49.8 Å². The van der Waals surface area contributed by atoms with E-state index in [9.17, 15) is 9.90 Å². The lowest BCUT2D eigenvalue weighted by Gasteiger charge is -2.60. The molecule has 2 bridgehead atoms. The molecule has 2 aliphatic heterocycles. The number of likely N-dealkylation sites (N-methyl/N-ethyl adjacent to an activating group) is 1. The first-order valence-corrected chi connectivity index (χ1v) is 7.93. The summed E-state index contributed by atoms with van der Waals surface area (Å²) in [6, 6.07) is 3.25. The minimum absolute atomic E-state index is 0.0232. The Morgan fingerprint density at radius 1 is 1.41 bits per heavy atom. The number of halogens is 1. The molecule has 1 N–H and O–H groups in total. The third-order valence-electron chi connectivity index (χ3n) is 6.45. The summed E-state index contributed by atoms with van der Waals surface area (Å²) in [5.74, 6) is 0.345. The molecule has 1 saturated heterocycles. The Labute approximate surface area is 127 Å². The van der Waals surface area contributed by atoms with Crippen LogP contribution in [0, 0.1) is 0 Å². The number of phenolic OH excluding ortho intramolecular Hbond substituents is 1. The Hall–Kier alpha value is -1.62. The third kappa shape index (κ3) is 1.12. The molecule has 1 spiro atoms. The van der Waals surface area contributed by atoms with Gasteiger partial charge in [0.25, 0.3) is 0 Å². The van der Waals surface area contributed by atoms with Crippen LogP contribution < -0.4 is 4.74 Å². The van der Waals surface area contributed by atoms with E-state index in [1.54, 1.807) is 6.07 Å². The number of nitrogens with zero attached hydrogens (tertiary/aromatic N) is 1. The molecule has 5 rings (SSSR count). The summed E-state index contributed by atoms with van der Waals surface area (Å²) in [7, 11) is 1.96. The quantitative estimate of drug-likeness (QED) is 0.793. The van der Waals surface area contributed by atoms with Crippen molar-refractivity contribution in [2.24, 2.45) is 0 Å². The molecule has 2 heterocycles. The SMILES string of the molecule is CN1CC[C@]23c4c5ccc(O)c4OC2C(=O)CC[C@@]3(F)[C@H]1C5. The van der Waals surface area contributed by atoms with Crippen LogP contribution in [-0.2, 0) is 16.6 Å². The van der Waals surface area contributed by atoms with Crippen molar-refractivity contribution in [1.82, 2.24) is 4.90 Å². The molecular formula is C17H18FNO3. The number of carbonyl (C=O) groups is 1. The van der Waals surface area contributed by atoms with E-state index >= 15 is 4.39 Å². The molecule has 1 saturated carbocycles. The molecule has 1 aromatic rings. The lowest BCUT2D eigenvalue weighted by Crippen LogP contribution is -2.74. The van der Waals surface area contributed by atoms with Crippen molar-refractivity contribution in [3.8, 4) is 11.5 Å². The van der Waals surface area contributed by atoms with Crippen LogP contribution in [0.1, 0.15) is 30.4 Å². The maximum atomic E-state index is 16.3. The van der Waals surface area contributed by atoms with Crippen molar-refractivity contribution in [2.75, 3.05) is 13.6 Å². The van der Waals surface area contributed by atoms with Crippen LogP contribution in [0.4, 0.5) is 4.39 Å². The normalized spacial score (nSPS) is 42.0. The molecule has 1 unspecified atom stereocenters. The van der Waals surface area contributed by atoms with Gasteiger partial charge in [-0.25, -0.2) is 4.39 Å². The Balaban J connectivity index is 1.88. The molecule has 0 amide bonds. The van der Waals surface area contributed by atoms with Gasteiger partial charge in [-0.3, -0.25) is 9.69 Å². The number of ether oxygens (including phenoxy) is 1. The average molecular weight is 303 g/mol. The van der Waals surface area contributed by atoms with E-state index in [0.717, 1.165) is 17.7 Å². The molecule has 2 aliphatic carbocycles. The molecule has 0 aromatic heterocycles. The number of aromatic hydroxyl groups is 1. The van der Waals surface area contributed by atoms with Gasteiger partial charge in [-0.05, 0) is 44.5 Å². The zero-order valence-electron chi connectivity index (χ0n) is 12.4. The molecule has 116 valence electrons. The van der Waals surface area contributed by atoms with Crippen molar-refractivity contribution >= 4 is 5.78 Å². The molecule has 2 fully saturated rings. The smallest absolute Gasteiger partial charge is 0.174 e. The summed E-state index contributed by atoms with van der Waals surface area (Å²) in [6.45, 7) is 0.748. The van der Waals surface area contributed by atoms with Gasteiger partial charge in [-0.2, -0.15) is 0 Å². The monoisotopic (exact) mass is 303 g/mol. The number of rotatable bonds is 0.